The van der Waals surface area contributed by atoms with Gasteiger partial charge in [0.25, 0.3) is 0 Å². The van der Waals surface area contributed by atoms with Gasteiger partial charge in [-0.2, -0.15) is 5.10 Å². The third kappa shape index (κ3) is 2.73. The molecule has 2 heterocycles. The summed E-state index contributed by atoms with van der Waals surface area (Å²) in [5.41, 5.74) is 4.82. The first-order valence-corrected chi connectivity index (χ1v) is 6.51. The summed E-state index contributed by atoms with van der Waals surface area (Å²) in [6, 6.07) is 0. The predicted molar refractivity (Wildman–Crippen MR) is 69.5 cm³/mol. The van der Waals surface area contributed by atoms with Crippen molar-refractivity contribution in [2.75, 3.05) is 5.32 Å². The van der Waals surface area contributed by atoms with Crippen LogP contribution in [-0.2, 0) is 18.3 Å². The maximum atomic E-state index is 11.7. The normalized spacial score (nSPS) is 10.6. The largest absolute Gasteiger partial charge is 0.301 e. The van der Waals surface area contributed by atoms with E-state index >= 15 is 0 Å². The molecule has 96 valence electrons. The highest BCUT2D eigenvalue weighted by Gasteiger charge is 2.11. The van der Waals surface area contributed by atoms with E-state index in [0.717, 1.165) is 17.0 Å². The van der Waals surface area contributed by atoms with Gasteiger partial charge in [0, 0.05) is 19.2 Å². The third-order valence-corrected chi connectivity index (χ3v) is 3.47. The Kier molecular flexibility index (Phi) is 3.71. The SMILES string of the molecule is Cc1nn(C)c(C)c1CCC(=O)Nc1nncs1. The van der Waals surface area contributed by atoms with E-state index in [0.29, 0.717) is 18.0 Å². The summed E-state index contributed by atoms with van der Waals surface area (Å²) in [4.78, 5) is 11.7. The minimum atomic E-state index is -0.0468. The molecule has 0 aromatic carbocycles. The Labute approximate surface area is 109 Å². The molecule has 7 heteroatoms. The summed E-state index contributed by atoms with van der Waals surface area (Å²) in [6.45, 7) is 3.98. The number of carbonyl (C=O) groups is 1. The Bertz CT molecular complexity index is 546. The Hall–Kier alpha value is -1.76. The van der Waals surface area contributed by atoms with Crippen LogP contribution >= 0.6 is 11.3 Å². The zero-order valence-corrected chi connectivity index (χ0v) is 11.4. The topological polar surface area (TPSA) is 72.7 Å². The van der Waals surface area contributed by atoms with Crippen LogP contribution in [0, 0.1) is 13.8 Å². The third-order valence-electron chi connectivity index (χ3n) is 2.87. The van der Waals surface area contributed by atoms with Crippen LogP contribution in [0.2, 0.25) is 0 Å². The zero-order valence-electron chi connectivity index (χ0n) is 10.6. The molecule has 0 saturated heterocycles. The van der Waals surface area contributed by atoms with Crippen molar-refractivity contribution < 1.29 is 4.79 Å². The summed E-state index contributed by atoms with van der Waals surface area (Å²) in [6.07, 6.45) is 1.11. The fourth-order valence-corrected chi connectivity index (χ4v) is 2.29. The van der Waals surface area contributed by atoms with Gasteiger partial charge in [-0.1, -0.05) is 11.3 Å². The summed E-state index contributed by atoms with van der Waals surface area (Å²) >= 11 is 1.31. The minimum absolute atomic E-state index is 0.0468. The number of amides is 1. The standard InChI is InChI=1S/C11H15N5OS/c1-7-9(8(2)16(3)15-7)4-5-10(17)13-11-14-12-6-18-11/h6H,4-5H2,1-3H3,(H,13,14,17). The smallest absolute Gasteiger partial charge is 0.226 e. The lowest BCUT2D eigenvalue weighted by molar-refractivity contribution is -0.116. The number of hydrogen-bond donors (Lipinski definition) is 1. The van der Waals surface area contributed by atoms with Crippen LogP contribution in [0.15, 0.2) is 5.51 Å². The molecule has 2 rings (SSSR count). The van der Waals surface area contributed by atoms with Crippen LogP contribution < -0.4 is 5.32 Å². The van der Waals surface area contributed by atoms with Gasteiger partial charge < -0.3 is 5.32 Å². The number of nitrogens with one attached hydrogen (secondary N) is 1. The average molecular weight is 265 g/mol. The van der Waals surface area contributed by atoms with E-state index in [1.165, 1.54) is 11.3 Å². The summed E-state index contributed by atoms with van der Waals surface area (Å²) < 4.78 is 1.84. The average Bonchev–Trinajstić information content (AvgIpc) is 2.88. The monoisotopic (exact) mass is 265 g/mol. The van der Waals surface area contributed by atoms with Crippen molar-refractivity contribution in [3.63, 3.8) is 0 Å². The number of nitrogens with zero attached hydrogens (tertiary/aromatic N) is 4. The van der Waals surface area contributed by atoms with Crippen LogP contribution in [0.5, 0.6) is 0 Å². The molecule has 0 radical (unpaired) electrons. The first-order chi connectivity index (χ1) is 8.58. The summed E-state index contributed by atoms with van der Waals surface area (Å²) in [7, 11) is 1.91. The maximum absolute atomic E-state index is 11.7. The van der Waals surface area contributed by atoms with Crippen molar-refractivity contribution in [3.05, 3.63) is 22.5 Å². The van der Waals surface area contributed by atoms with Crippen LogP contribution in [-0.4, -0.2) is 25.9 Å². The number of aryl methyl sites for hydroxylation is 2. The fraction of sp³-hybridized carbons (Fsp3) is 0.455. The van der Waals surface area contributed by atoms with Crippen molar-refractivity contribution in [2.24, 2.45) is 7.05 Å². The number of hydrogen-bond acceptors (Lipinski definition) is 5. The van der Waals surface area contributed by atoms with E-state index in [9.17, 15) is 4.79 Å². The number of carbonyl (C=O) groups excluding carboxylic acids is 1. The van der Waals surface area contributed by atoms with E-state index in [1.54, 1.807) is 5.51 Å². The molecule has 0 aliphatic carbocycles. The van der Waals surface area contributed by atoms with E-state index in [2.05, 4.69) is 20.6 Å². The maximum Gasteiger partial charge on any atom is 0.226 e. The first-order valence-electron chi connectivity index (χ1n) is 5.63. The lowest BCUT2D eigenvalue weighted by Gasteiger charge is -2.02. The van der Waals surface area contributed by atoms with E-state index < -0.39 is 0 Å². The van der Waals surface area contributed by atoms with Gasteiger partial charge in [0.2, 0.25) is 11.0 Å². The number of rotatable bonds is 4. The van der Waals surface area contributed by atoms with Crippen LogP contribution in [0.25, 0.3) is 0 Å². The molecular formula is C11H15N5OS. The highest BCUT2D eigenvalue weighted by Crippen LogP contribution is 2.15. The van der Waals surface area contributed by atoms with Crippen molar-refractivity contribution >= 4 is 22.4 Å². The van der Waals surface area contributed by atoms with E-state index in [4.69, 9.17) is 0 Å². The van der Waals surface area contributed by atoms with Crippen LogP contribution in [0.4, 0.5) is 5.13 Å². The first kappa shape index (κ1) is 12.7. The van der Waals surface area contributed by atoms with Crippen molar-refractivity contribution in [1.82, 2.24) is 20.0 Å². The van der Waals surface area contributed by atoms with Gasteiger partial charge in [-0.05, 0) is 25.8 Å². The molecule has 0 unspecified atom stereocenters. The van der Waals surface area contributed by atoms with Crippen molar-refractivity contribution in [3.8, 4) is 0 Å². The number of aromatic nitrogens is 4. The Morgan fingerprint density at radius 3 is 2.83 bits per heavy atom. The van der Waals surface area contributed by atoms with Gasteiger partial charge in [-0.25, -0.2) is 0 Å². The Balaban J connectivity index is 1.93. The fourth-order valence-electron chi connectivity index (χ4n) is 1.83. The predicted octanol–water partition coefficient (Wildman–Crippen LogP) is 1.46. The molecule has 0 aliphatic rings. The zero-order chi connectivity index (χ0) is 13.1. The highest BCUT2D eigenvalue weighted by molar-refractivity contribution is 7.13. The van der Waals surface area contributed by atoms with E-state index in [1.807, 2.05) is 25.6 Å². The summed E-state index contributed by atoms with van der Waals surface area (Å²) in [5.74, 6) is -0.0468. The molecule has 0 fully saturated rings. The summed E-state index contributed by atoms with van der Waals surface area (Å²) in [5, 5.41) is 15.0. The van der Waals surface area contributed by atoms with Crippen LogP contribution in [0.1, 0.15) is 23.4 Å². The second kappa shape index (κ2) is 5.26. The molecule has 0 spiro atoms. The van der Waals surface area contributed by atoms with Gasteiger partial charge in [-0.3, -0.25) is 9.48 Å². The van der Waals surface area contributed by atoms with Crippen molar-refractivity contribution in [1.29, 1.82) is 0 Å². The molecule has 18 heavy (non-hydrogen) atoms. The molecule has 2 aromatic heterocycles. The van der Waals surface area contributed by atoms with Gasteiger partial charge in [-0.15, -0.1) is 10.2 Å². The van der Waals surface area contributed by atoms with Gasteiger partial charge in [0.05, 0.1) is 5.69 Å². The molecule has 0 saturated carbocycles. The molecule has 0 aliphatic heterocycles. The molecule has 2 aromatic rings. The molecule has 6 nitrogen and oxygen atoms in total. The molecule has 1 N–H and O–H groups in total. The molecule has 0 bridgehead atoms. The highest BCUT2D eigenvalue weighted by atomic mass is 32.1. The van der Waals surface area contributed by atoms with Gasteiger partial charge in [0.1, 0.15) is 5.51 Å². The van der Waals surface area contributed by atoms with Crippen LogP contribution in [0.3, 0.4) is 0 Å². The molecule has 0 atom stereocenters. The lowest BCUT2D eigenvalue weighted by Crippen LogP contribution is -2.12. The lowest BCUT2D eigenvalue weighted by atomic mass is 10.1. The molecular weight excluding hydrogens is 250 g/mol. The Morgan fingerprint density at radius 1 is 1.50 bits per heavy atom. The minimum Gasteiger partial charge on any atom is -0.301 e. The quantitative estimate of drug-likeness (QED) is 0.908. The van der Waals surface area contributed by atoms with Gasteiger partial charge in [0.15, 0.2) is 0 Å². The van der Waals surface area contributed by atoms with Crippen molar-refractivity contribution in [2.45, 2.75) is 26.7 Å². The van der Waals surface area contributed by atoms with E-state index in [-0.39, 0.29) is 5.91 Å². The second-order valence-corrected chi connectivity index (χ2v) is 4.90. The number of anilines is 1. The van der Waals surface area contributed by atoms with Gasteiger partial charge >= 0.3 is 0 Å². The Morgan fingerprint density at radius 2 is 2.28 bits per heavy atom. The molecule has 1 amide bonds. The second-order valence-electron chi connectivity index (χ2n) is 4.07.